The van der Waals surface area contributed by atoms with Gasteiger partial charge in [-0.2, -0.15) is 0 Å². The van der Waals surface area contributed by atoms with Crippen LogP contribution in [0.3, 0.4) is 0 Å². The second-order valence-corrected chi connectivity index (χ2v) is 9.08. The van der Waals surface area contributed by atoms with E-state index in [1.165, 1.54) is 30.6 Å². The first-order valence-corrected chi connectivity index (χ1v) is 11.3. The number of methoxy groups -OCH3 is 1. The fourth-order valence-corrected chi connectivity index (χ4v) is 4.45. The zero-order valence-electron chi connectivity index (χ0n) is 18.0. The molecule has 31 heavy (non-hydrogen) atoms. The van der Waals surface area contributed by atoms with E-state index in [-0.39, 0.29) is 10.8 Å². The zero-order valence-corrected chi connectivity index (χ0v) is 18.9. The second-order valence-electron chi connectivity index (χ2n) is 7.11. The summed E-state index contributed by atoms with van der Waals surface area (Å²) in [6, 6.07) is 18.6. The number of para-hydroxylation sites is 1. The van der Waals surface area contributed by atoms with Crippen LogP contribution in [-0.2, 0) is 16.4 Å². The lowest BCUT2D eigenvalue weighted by atomic mass is 10.1. The number of sulfonamides is 1. The van der Waals surface area contributed by atoms with Crippen LogP contribution in [0.15, 0.2) is 71.6 Å². The third kappa shape index (κ3) is 4.72. The maximum absolute atomic E-state index is 12.9. The molecule has 0 heterocycles. The molecule has 0 bridgehead atoms. The van der Waals surface area contributed by atoms with Gasteiger partial charge in [0.25, 0.3) is 15.9 Å². The number of rotatable bonds is 7. The normalized spacial score (nSPS) is 11.1. The molecule has 3 aromatic carbocycles. The monoisotopic (exact) mass is 438 g/mol. The number of ether oxygens (including phenoxy) is 1. The fraction of sp³-hybridized carbons (Fsp3) is 0.208. The number of carbonyl (C=O) groups is 1. The zero-order chi connectivity index (χ0) is 22.6. The molecule has 3 aromatic rings. The van der Waals surface area contributed by atoms with Crippen LogP contribution in [0.4, 0.5) is 11.4 Å². The molecule has 0 atom stereocenters. The highest BCUT2D eigenvalue weighted by atomic mass is 32.2. The lowest BCUT2D eigenvalue weighted by Crippen LogP contribution is -2.26. The number of anilines is 2. The molecule has 1 N–H and O–H groups in total. The number of nitrogens with zero attached hydrogens (tertiary/aromatic N) is 1. The Morgan fingerprint density at radius 3 is 2.23 bits per heavy atom. The van der Waals surface area contributed by atoms with Crippen LogP contribution in [-0.4, -0.2) is 28.5 Å². The summed E-state index contributed by atoms with van der Waals surface area (Å²) < 4.78 is 32.1. The highest BCUT2D eigenvalue weighted by Crippen LogP contribution is 2.25. The standard InChI is InChI=1S/C24H26N2O4S/c1-5-18-8-6-7-17(2)23(18)25-24(27)19-9-11-20(12-10-19)26(3)31(28,29)22-15-13-21(30-4)14-16-22/h6-16H,5H2,1-4H3,(H,25,27). The highest BCUT2D eigenvalue weighted by Gasteiger charge is 2.21. The summed E-state index contributed by atoms with van der Waals surface area (Å²) in [7, 11) is -0.731. The Labute approximate surface area is 183 Å². The van der Waals surface area contributed by atoms with E-state index in [4.69, 9.17) is 4.74 Å². The minimum Gasteiger partial charge on any atom is -0.497 e. The van der Waals surface area contributed by atoms with E-state index < -0.39 is 10.0 Å². The van der Waals surface area contributed by atoms with Crippen molar-refractivity contribution in [3.05, 3.63) is 83.4 Å². The summed E-state index contributed by atoms with van der Waals surface area (Å²) in [5.74, 6) is 0.341. The summed E-state index contributed by atoms with van der Waals surface area (Å²) in [4.78, 5) is 12.9. The Hall–Kier alpha value is -3.32. The van der Waals surface area contributed by atoms with Crippen molar-refractivity contribution in [2.75, 3.05) is 23.8 Å². The van der Waals surface area contributed by atoms with Gasteiger partial charge in [0.15, 0.2) is 0 Å². The molecule has 0 aromatic heterocycles. The average Bonchev–Trinajstić information content (AvgIpc) is 2.79. The minimum atomic E-state index is -3.74. The molecule has 162 valence electrons. The second kappa shape index (κ2) is 9.22. The third-order valence-corrected chi connectivity index (χ3v) is 6.99. The van der Waals surface area contributed by atoms with Gasteiger partial charge in [0.05, 0.1) is 17.7 Å². The number of amides is 1. The van der Waals surface area contributed by atoms with Crippen LogP contribution >= 0.6 is 0 Å². The summed E-state index contributed by atoms with van der Waals surface area (Å²) in [5.41, 5.74) is 3.78. The van der Waals surface area contributed by atoms with Gasteiger partial charge in [-0.25, -0.2) is 8.42 Å². The van der Waals surface area contributed by atoms with E-state index in [1.807, 2.05) is 32.0 Å². The van der Waals surface area contributed by atoms with Gasteiger partial charge in [-0.15, -0.1) is 0 Å². The van der Waals surface area contributed by atoms with Gasteiger partial charge in [-0.05, 0) is 73.0 Å². The first-order chi connectivity index (χ1) is 14.8. The Kier molecular flexibility index (Phi) is 6.65. The van der Waals surface area contributed by atoms with Gasteiger partial charge in [0.1, 0.15) is 5.75 Å². The van der Waals surface area contributed by atoms with Crippen molar-refractivity contribution in [3.63, 3.8) is 0 Å². The van der Waals surface area contributed by atoms with Gasteiger partial charge >= 0.3 is 0 Å². The Balaban J connectivity index is 1.80. The molecule has 0 saturated carbocycles. The minimum absolute atomic E-state index is 0.157. The van der Waals surface area contributed by atoms with Crippen molar-refractivity contribution in [3.8, 4) is 5.75 Å². The highest BCUT2D eigenvalue weighted by molar-refractivity contribution is 7.92. The van der Waals surface area contributed by atoms with Gasteiger partial charge in [0.2, 0.25) is 0 Å². The van der Waals surface area contributed by atoms with Crippen LogP contribution < -0.4 is 14.4 Å². The lowest BCUT2D eigenvalue weighted by molar-refractivity contribution is 0.102. The van der Waals surface area contributed by atoms with Crippen molar-refractivity contribution in [2.24, 2.45) is 0 Å². The van der Waals surface area contributed by atoms with Gasteiger partial charge in [0, 0.05) is 18.3 Å². The fourth-order valence-electron chi connectivity index (χ4n) is 3.26. The van der Waals surface area contributed by atoms with E-state index in [0.29, 0.717) is 17.0 Å². The number of nitrogens with one attached hydrogen (secondary N) is 1. The Morgan fingerprint density at radius 1 is 1.00 bits per heavy atom. The van der Waals surface area contributed by atoms with E-state index >= 15 is 0 Å². The van der Waals surface area contributed by atoms with E-state index in [0.717, 1.165) is 23.2 Å². The van der Waals surface area contributed by atoms with E-state index in [1.54, 1.807) is 36.4 Å². The molecule has 7 heteroatoms. The number of aryl methyl sites for hydroxylation is 2. The molecule has 0 aliphatic heterocycles. The molecular weight excluding hydrogens is 412 g/mol. The molecule has 6 nitrogen and oxygen atoms in total. The number of carbonyl (C=O) groups excluding carboxylic acids is 1. The first-order valence-electron chi connectivity index (χ1n) is 9.90. The summed E-state index contributed by atoms with van der Waals surface area (Å²) in [6.07, 6.45) is 0.810. The Morgan fingerprint density at radius 2 is 1.65 bits per heavy atom. The molecule has 0 fully saturated rings. The largest absolute Gasteiger partial charge is 0.497 e. The molecule has 0 unspecified atom stereocenters. The van der Waals surface area contributed by atoms with Crippen LogP contribution in [0.2, 0.25) is 0 Å². The molecule has 0 spiro atoms. The maximum Gasteiger partial charge on any atom is 0.264 e. The third-order valence-electron chi connectivity index (χ3n) is 5.19. The maximum atomic E-state index is 12.9. The van der Waals surface area contributed by atoms with Crippen LogP contribution in [0.5, 0.6) is 5.75 Å². The predicted molar refractivity (Wildman–Crippen MR) is 124 cm³/mol. The van der Waals surface area contributed by atoms with Crippen LogP contribution in [0.25, 0.3) is 0 Å². The van der Waals surface area contributed by atoms with Crippen LogP contribution in [0.1, 0.15) is 28.4 Å². The number of hydrogen-bond donors (Lipinski definition) is 1. The molecule has 3 rings (SSSR count). The smallest absolute Gasteiger partial charge is 0.264 e. The van der Waals surface area contributed by atoms with Crippen molar-refractivity contribution in [1.29, 1.82) is 0 Å². The molecule has 0 saturated heterocycles. The molecule has 0 radical (unpaired) electrons. The van der Waals surface area contributed by atoms with Crippen LogP contribution in [0, 0.1) is 6.92 Å². The van der Waals surface area contributed by atoms with Gasteiger partial charge in [-0.1, -0.05) is 25.1 Å². The first kappa shape index (κ1) is 22.4. The average molecular weight is 439 g/mol. The van der Waals surface area contributed by atoms with E-state index in [2.05, 4.69) is 5.32 Å². The van der Waals surface area contributed by atoms with Crippen molar-refractivity contribution in [2.45, 2.75) is 25.2 Å². The van der Waals surface area contributed by atoms with Gasteiger partial charge < -0.3 is 10.1 Å². The quantitative estimate of drug-likeness (QED) is 0.583. The Bertz CT molecular complexity index is 1170. The van der Waals surface area contributed by atoms with Crippen molar-refractivity contribution >= 4 is 27.3 Å². The number of hydrogen-bond acceptors (Lipinski definition) is 4. The molecule has 0 aliphatic rings. The lowest BCUT2D eigenvalue weighted by Gasteiger charge is -2.20. The van der Waals surface area contributed by atoms with E-state index in [9.17, 15) is 13.2 Å². The molecule has 1 amide bonds. The van der Waals surface area contributed by atoms with Gasteiger partial charge in [-0.3, -0.25) is 9.10 Å². The number of benzene rings is 3. The summed E-state index contributed by atoms with van der Waals surface area (Å²) >= 11 is 0. The SMILES string of the molecule is CCc1cccc(C)c1NC(=O)c1ccc(N(C)S(=O)(=O)c2ccc(OC)cc2)cc1. The summed E-state index contributed by atoms with van der Waals surface area (Å²) in [6.45, 7) is 4.00. The summed E-state index contributed by atoms with van der Waals surface area (Å²) in [5, 5.41) is 2.98. The topological polar surface area (TPSA) is 75.7 Å². The molecule has 0 aliphatic carbocycles. The molecular formula is C24H26N2O4S. The van der Waals surface area contributed by atoms with Crippen molar-refractivity contribution in [1.82, 2.24) is 0 Å². The predicted octanol–water partition coefficient (Wildman–Crippen LogP) is 4.64. The van der Waals surface area contributed by atoms with Crippen molar-refractivity contribution < 1.29 is 17.9 Å².